The van der Waals surface area contributed by atoms with Gasteiger partial charge < -0.3 is 10.2 Å². The zero-order chi connectivity index (χ0) is 20.7. The minimum absolute atomic E-state index is 0.0189. The molecule has 0 aromatic heterocycles. The second-order valence-electron chi connectivity index (χ2n) is 7.34. The van der Waals surface area contributed by atoms with Crippen LogP contribution in [0.5, 0.6) is 0 Å². The highest BCUT2D eigenvalue weighted by Gasteiger charge is 2.29. The normalized spacial score (nSPS) is 11.9. The van der Waals surface area contributed by atoms with Crippen molar-refractivity contribution in [3.63, 3.8) is 0 Å². The molecule has 0 saturated heterocycles. The largest absolute Gasteiger partial charge is 0.352 e. The van der Waals surface area contributed by atoms with E-state index in [1.807, 2.05) is 64.1 Å². The number of hydrogen-bond acceptors (Lipinski definition) is 2. The molecule has 1 unspecified atom stereocenters. The average molecular weight is 401 g/mol. The second-order valence-corrected chi connectivity index (χ2v) is 7.78. The third-order valence-electron chi connectivity index (χ3n) is 4.69. The van der Waals surface area contributed by atoms with E-state index in [0.717, 1.165) is 16.7 Å². The van der Waals surface area contributed by atoms with Gasteiger partial charge >= 0.3 is 0 Å². The van der Waals surface area contributed by atoms with Crippen molar-refractivity contribution >= 4 is 23.4 Å². The molecular formula is C23H29ClN2O2. The molecule has 0 spiro atoms. The fourth-order valence-electron chi connectivity index (χ4n) is 3.16. The van der Waals surface area contributed by atoms with Gasteiger partial charge in [-0.1, -0.05) is 54.9 Å². The van der Waals surface area contributed by atoms with Crippen LogP contribution in [0.15, 0.2) is 48.5 Å². The Morgan fingerprint density at radius 3 is 2.29 bits per heavy atom. The molecule has 0 saturated carbocycles. The molecule has 0 aliphatic carbocycles. The standard InChI is InChI=1S/C23H29ClN2O2/c1-5-21(23(28)25-16(2)3)26(15-18-10-12-20(24)13-11-18)22(27)14-19-9-7-6-8-17(19)4/h6-13,16,21H,5,14-15H2,1-4H3,(H,25,28). The molecule has 2 rings (SSSR count). The molecule has 2 amide bonds. The van der Waals surface area contributed by atoms with Gasteiger partial charge in [-0.3, -0.25) is 9.59 Å². The number of nitrogens with one attached hydrogen (secondary N) is 1. The molecule has 0 bridgehead atoms. The highest BCUT2D eigenvalue weighted by atomic mass is 35.5. The van der Waals surface area contributed by atoms with Gasteiger partial charge in [0, 0.05) is 17.6 Å². The van der Waals surface area contributed by atoms with Gasteiger partial charge in [-0.25, -0.2) is 0 Å². The number of halogens is 1. The van der Waals surface area contributed by atoms with Crippen LogP contribution in [0.2, 0.25) is 5.02 Å². The summed E-state index contributed by atoms with van der Waals surface area (Å²) in [5.74, 6) is -0.181. The van der Waals surface area contributed by atoms with Crippen LogP contribution in [0.3, 0.4) is 0 Å². The van der Waals surface area contributed by atoms with Crippen molar-refractivity contribution in [3.8, 4) is 0 Å². The molecule has 1 N–H and O–H groups in total. The number of hydrogen-bond donors (Lipinski definition) is 1. The van der Waals surface area contributed by atoms with E-state index in [-0.39, 0.29) is 24.3 Å². The Morgan fingerprint density at radius 2 is 1.71 bits per heavy atom. The lowest BCUT2D eigenvalue weighted by atomic mass is 10.0. The fourth-order valence-corrected chi connectivity index (χ4v) is 3.29. The average Bonchev–Trinajstić information content (AvgIpc) is 2.64. The highest BCUT2D eigenvalue weighted by molar-refractivity contribution is 6.30. The molecule has 0 heterocycles. The molecule has 28 heavy (non-hydrogen) atoms. The molecule has 0 aliphatic heterocycles. The van der Waals surface area contributed by atoms with Crippen LogP contribution in [-0.4, -0.2) is 28.8 Å². The van der Waals surface area contributed by atoms with Crippen molar-refractivity contribution in [1.29, 1.82) is 0 Å². The second kappa shape index (κ2) is 10.3. The van der Waals surface area contributed by atoms with E-state index in [1.165, 1.54) is 0 Å². The van der Waals surface area contributed by atoms with Crippen LogP contribution in [-0.2, 0) is 22.6 Å². The maximum absolute atomic E-state index is 13.2. The van der Waals surface area contributed by atoms with Crippen molar-refractivity contribution in [2.45, 2.75) is 59.2 Å². The van der Waals surface area contributed by atoms with Crippen LogP contribution in [0.25, 0.3) is 0 Å². The topological polar surface area (TPSA) is 49.4 Å². The maximum atomic E-state index is 13.2. The van der Waals surface area contributed by atoms with Crippen LogP contribution in [0, 0.1) is 6.92 Å². The lowest BCUT2D eigenvalue weighted by Crippen LogP contribution is -2.50. The molecule has 5 heteroatoms. The molecule has 4 nitrogen and oxygen atoms in total. The van der Waals surface area contributed by atoms with E-state index in [0.29, 0.717) is 18.0 Å². The maximum Gasteiger partial charge on any atom is 0.243 e. The smallest absolute Gasteiger partial charge is 0.243 e. The van der Waals surface area contributed by atoms with Gasteiger partial charge in [-0.2, -0.15) is 0 Å². The number of rotatable bonds is 8. The predicted octanol–water partition coefficient (Wildman–Crippen LogP) is 4.52. The van der Waals surface area contributed by atoms with Crippen LogP contribution < -0.4 is 5.32 Å². The Kier molecular flexibility index (Phi) is 8.06. The summed E-state index contributed by atoms with van der Waals surface area (Å²) in [6.45, 7) is 8.13. The van der Waals surface area contributed by atoms with Crippen molar-refractivity contribution in [2.75, 3.05) is 0 Å². The number of benzene rings is 2. The van der Waals surface area contributed by atoms with E-state index in [2.05, 4.69) is 5.32 Å². The Balaban J connectivity index is 2.30. The van der Waals surface area contributed by atoms with Crippen molar-refractivity contribution in [1.82, 2.24) is 10.2 Å². The summed E-state index contributed by atoms with van der Waals surface area (Å²) in [4.78, 5) is 27.7. The number of nitrogens with zero attached hydrogens (tertiary/aromatic N) is 1. The third kappa shape index (κ3) is 6.10. The zero-order valence-corrected chi connectivity index (χ0v) is 17.8. The van der Waals surface area contributed by atoms with E-state index in [9.17, 15) is 9.59 Å². The lowest BCUT2D eigenvalue weighted by Gasteiger charge is -2.31. The van der Waals surface area contributed by atoms with Gasteiger partial charge in [-0.05, 0) is 56.0 Å². The van der Waals surface area contributed by atoms with Crippen molar-refractivity contribution in [2.24, 2.45) is 0 Å². The molecule has 0 fully saturated rings. The minimum Gasteiger partial charge on any atom is -0.352 e. The van der Waals surface area contributed by atoms with Gasteiger partial charge in [0.05, 0.1) is 6.42 Å². The first-order valence-corrected chi connectivity index (χ1v) is 10.1. The summed E-state index contributed by atoms with van der Waals surface area (Å²) in [7, 11) is 0. The number of aryl methyl sites for hydroxylation is 1. The molecule has 1 atom stereocenters. The van der Waals surface area contributed by atoms with Crippen molar-refractivity contribution in [3.05, 3.63) is 70.2 Å². The Morgan fingerprint density at radius 1 is 1.07 bits per heavy atom. The molecular weight excluding hydrogens is 372 g/mol. The Bertz CT molecular complexity index is 803. The Labute approximate surface area is 172 Å². The number of carbonyl (C=O) groups excluding carboxylic acids is 2. The Hall–Kier alpha value is -2.33. The van der Waals surface area contributed by atoms with Crippen LogP contribution >= 0.6 is 11.6 Å². The van der Waals surface area contributed by atoms with Gasteiger partial charge in [-0.15, -0.1) is 0 Å². The van der Waals surface area contributed by atoms with E-state index < -0.39 is 6.04 Å². The summed E-state index contributed by atoms with van der Waals surface area (Å²) < 4.78 is 0. The van der Waals surface area contributed by atoms with E-state index in [4.69, 9.17) is 11.6 Å². The highest BCUT2D eigenvalue weighted by Crippen LogP contribution is 2.18. The monoisotopic (exact) mass is 400 g/mol. The summed E-state index contributed by atoms with van der Waals surface area (Å²) in [6, 6.07) is 14.7. The SMILES string of the molecule is CCC(C(=O)NC(C)C)N(Cc1ccc(Cl)cc1)C(=O)Cc1ccccc1C. The van der Waals surface area contributed by atoms with Gasteiger partial charge in [0.15, 0.2) is 0 Å². The molecule has 0 radical (unpaired) electrons. The summed E-state index contributed by atoms with van der Waals surface area (Å²) in [6.07, 6.45) is 0.817. The van der Waals surface area contributed by atoms with E-state index in [1.54, 1.807) is 17.0 Å². The fraction of sp³-hybridized carbons (Fsp3) is 0.391. The van der Waals surface area contributed by atoms with Crippen LogP contribution in [0.1, 0.15) is 43.9 Å². The minimum atomic E-state index is -0.519. The molecule has 2 aromatic rings. The summed E-state index contributed by atoms with van der Waals surface area (Å²) in [5.41, 5.74) is 2.99. The summed E-state index contributed by atoms with van der Waals surface area (Å²) in [5, 5.41) is 3.59. The van der Waals surface area contributed by atoms with Crippen molar-refractivity contribution < 1.29 is 9.59 Å². The van der Waals surface area contributed by atoms with E-state index >= 15 is 0 Å². The van der Waals surface area contributed by atoms with Gasteiger partial charge in [0.25, 0.3) is 0 Å². The lowest BCUT2D eigenvalue weighted by molar-refractivity contribution is -0.141. The number of amides is 2. The molecule has 2 aromatic carbocycles. The predicted molar refractivity (Wildman–Crippen MR) is 114 cm³/mol. The first kappa shape index (κ1) is 22.0. The summed E-state index contributed by atoms with van der Waals surface area (Å²) >= 11 is 5.99. The molecule has 150 valence electrons. The third-order valence-corrected chi connectivity index (χ3v) is 4.94. The zero-order valence-electron chi connectivity index (χ0n) is 17.0. The molecule has 0 aliphatic rings. The quantitative estimate of drug-likeness (QED) is 0.708. The first-order valence-electron chi connectivity index (χ1n) is 9.70. The number of carbonyl (C=O) groups is 2. The van der Waals surface area contributed by atoms with Crippen LogP contribution in [0.4, 0.5) is 0 Å². The van der Waals surface area contributed by atoms with Gasteiger partial charge in [0.1, 0.15) is 6.04 Å². The van der Waals surface area contributed by atoms with Gasteiger partial charge in [0.2, 0.25) is 11.8 Å². The first-order chi connectivity index (χ1) is 13.3.